The quantitative estimate of drug-likeness (QED) is 0.207. The van der Waals surface area contributed by atoms with Gasteiger partial charge in [-0.2, -0.15) is 0 Å². The molecule has 3 unspecified atom stereocenters. The Morgan fingerprint density at radius 2 is 1.34 bits per heavy atom. The van der Waals surface area contributed by atoms with Crippen LogP contribution in [0.5, 0.6) is 0 Å². The lowest BCUT2D eigenvalue weighted by atomic mass is 9.90. The van der Waals surface area contributed by atoms with Crippen molar-refractivity contribution in [2.24, 2.45) is 0 Å². The van der Waals surface area contributed by atoms with Gasteiger partial charge in [-0.15, -0.1) is 0 Å². The standard InChI is InChI=1S/C42H32N2/c1-3-13-29(14-4-1)31-17-11-19-33(25-31)43-39-23-9-7-21-35(39)37-27-38-36-22-8-10-24-40(36)44(42(38)28-41(37)43)34-20-12-18-32(26-34)30-15-5-2-6-16-30/h1-19,21-28,34-35,39H,20H2. The van der Waals surface area contributed by atoms with E-state index in [1.54, 1.807) is 0 Å². The van der Waals surface area contributed by atoms with Gasteiger partial charge in [0.1, 0.15) is 0 Å². The molecule has 44 heavy (non-hydrogen) atoms. The summed E-state index contributed by atoms with van der Waals surface area (Å²) in [6, 6.07) is 44.9. The number of allylic oxidation sites excluding steroid dienone is 6. The number of anilines is 2. The van der Waals surface area contributed by atoms with Gasteiger partial charge in [-0.25, -0.2) is 0 Å². The zero-order valence-electron chi connectivity index (χ0n) is 24.4. The van der Waals surface area contributed by atoms with Crippen LogP contribution in [-0.4, -0.2) is 10.6 Å². The number of fused-ring (bicyclic) bond motifs is 6. The number of para-hydroxylation sites is 1. The first-order valence-corrected chi connectivity index (χ1v) is 15.6. The summed E-state index contributed by atoms with van der Waals surface area (Å²) in [5, 5.41) is 2.66. The van der Waals surface area contributed by atoms with Crippen LogP contribution in [0, 0.1) is 0 Å². The minimum absolute atomic E-state index is 0.231. The molecule has 1 aromatic heterocycles. The van der Waals surface area contributed by atoms with Gasteiger partial charge in [0.2, 0.25) is 0 Å². The topological polar surface area (TPSA) is 8.17 Å². The van der Waals surface area contributed by atoms with E-state index in [4.69, 9.17) is 0 Å². The molecule has 3 aliphatic rings. The van der Waals surface area contributed by atoms with Gasteiger partial charge < -0.3 is 9.47 Å². The van der Waals surface area contributed by atoms with Crippen LogP contribution >= 0.6 is 0 Å². The minimum atomic E-state index is 0.231. The van der Waals surface area contributed by atoms with Gasteiger partial charge >= 0.3 is 0 Å². The molecule has 9 rings (SSSR count). The van der Waals surface area contributed by atoms with Crippen molar-refractivity contribution in [3.05, 3.63) is 175 Å². The van der Waals surface area contributed by atoms with E-state index < -0.39 is 0 Å². The summed E-state index contributed by atoms with van der Waals surface area (Å²) in [4.78, 5) is 2.57. The number of benzene rings is 5. The summed E-state index contributed by atoms with van der Waals surface area (Å²) in [6.45, 7) is 0. The van der Waals surface area contributed by atoms with E-state index in [0.29, 0.717) is 5.92 Å². The molecule has 1 aliphatic heterocycles. The Balaban J connectivity index is 1.25. The lowest BCUT2D eigenvalue weighted by Crippen LogP contribution is -2.28. The average Bonchev–Trinajstić information content (AvgIpc) is 3.60. The number of aromatic nitrogens is 1. The minimum Gasteiger partial charge on any atom is -0.333 e. The Kier molecular flexibility index (Phi) is 5.80. The van der Waals surface area contributed by atoms with Crippen molar-refractivity contribution in [3.63, 3.8) is 0 Å². The molecule has 0 saturated heterocycles. The van der Waals surface area contributed by atoms with Crippen molar-refractivity contribution in [3.8, 4) is 11.1 Å². The van der Waals surface area contributed by atoms with Crippen LogP contribution in [-0.2, 0) is 0 Å². The van der Waals surface area contributed by atoms with Gasteiger partial charge in [0, 0.05) is 33.6 Å². The maximum absolute atomic E-state index is 2.59. The predicted octanol–water partition coefficient (Wildman–Crippen LogP) is 10.8. The highest BCUT2D eigenvalue weighted by Crippen LogP contribution is 2.51. The van der Waals surface area contributed by atoms with Crippen LogP contribution in [0.4, 0.5) is 11.4 Å². The number of hydrogen-bond acceptors (Lipinski definition) is 1. The third-order valence-corrected chi connectivity index (χ3v) is 9.60. The Morgan fingerprint density at radius 3 is 2.20 bits per heavy atom. The highest BCUT2D eigenvalue weighted by Gasteiger charge is 2.38. The SMILES string of the molecule is C1=CC2c3cc4c5ccccc5n(C5C=C(c6ccccc6)C=CC5)c4cc3N(c3cccc(-c4ccccc4)c3)C2C=C1. The second kappa shape index (κ2) is 10.1. The Hall–Kier alpha value is -5.34. The van der Waals surface area contributed by atoms with Gasteiger partial charge in [-0.1, -0.05) is 134 Å². The number of hydrogen-bond donors (Lipinski definition) is 0. The normalized spacial score (nSPS) is 20.2. The maximum atomic E-state index is 2.59. The molecular formula is C42H32N2. The number of nitrogens with zero attached hydrogens (tertiary/aromatic N) is 2. The summed E-state index contributed by atoms with van der Waals surface area (Å²) < 4.78 is 2.59. The summed E-state index contributed by atoms with van der Waals surface area (Å²) >= 11 is 0. The number of rotatable bonds is 4. The van der Waals surface area contributed by atoms with Crippen molar-refractivity contribution >= 4 is 38.8 Å². The fraction of sp³-hybridized carbons (Fsp3) is 0.0952. The third kappa shape index (κ3) is 3.95. The molecule has 3 atom stereocenters. The molecule has 2 heterocycles. The monoisotopic (exact) mass is 564 g/mol. The maximum Gasteiger partial charge on any atom is 0.0629 e. The first kappa shape index (κ1) is 25.2. The first-order chi connectivity index (χ1) is 21.8. The second-order valence-corrected chi connectivity index (χ2v) is 12.1. The first-order valence-electron chi connectivity index (χ1n) is 15.6. The molecule has 2 heteroatoms. The largest absolute Gasteiger partial charge is 0.333 e. The van der Waals surface area contributed by atoms with Gasteiger partial charge in [-0.3, -0.25) is 0 Å². The molecule has 2 aliphatic carbocycles. The lowest BCUT2D eigenvalue weighted by Gasteiger charge is -2.29. The van der Waals surface area contributed by atoms with E-state index in [-0.39, 0.29) is 12.1 Å². The fourth-order valence-electron chi connectivity index (χ4n) is 7.62. The molecule has 0 spiro atoms. The summed E-state index contributed by atoms with van der Waals surface area (Å²) in [7, 11) is 0. The van der Waals surface area contributed by atoms with Gasteiger partial charge in [-0.05, 0) is 64.6 Å². The smallest absolute Gasteiger partial charge is 0.0629 e. The molecule has 0 saturated carbocycles. The highest BCUT2D eigenvalue weighted by atomic mass is 15.2. The van der Waals surface area contributed by atoms with Gasteiger partial charge in [0.05, 0.1) is 17.6 Å². The van der Waals surface area contributed by atoms with Crippen LogP contribution in [0.25, 0.3) is 38.5 Å². The molecule has 0 fully saturated rings. The molecule has 0 N–H and O–H groups in total. The van der Waals surface area contributed by atoms with Gasteiger partial charge in [0.15, 0.2) is 0 Å². The molecule has 0 amide bonds. The van der Waals surface area contributed by atoms with E-state index in [1.807, 2.05) is 0 Å². The van der Waals surface area contributed by atoms with Crippen LogP contribution in [0.15, 0.2) is 164 Å². The molecule has 0 bridgehead atoms. The van der Waals surface area contributed by atoms with Crippen molar-refractivity contribution in [1.29, 1.82) is 0 Å². The molecule has 6 aromatic rings. The summed E-state index contributed by atoms with van der Waals surface area (Å²) in [5.41, 5.74) is 11.6. The summed E-state index contributed by atoms with van der Waals surface area (Å²) in [5.74, 6) is 0.309. The molecular weight excluding hydrogens is 532 g/mol. The predicted molar refractivity (Wildman–Crippen MR) is 185 cm³/mol. The molecule has 2 nitrogen and oxygen atoms in total. The third-order valence-electron chi connectivity index (χ3n) is 9.60. The van der Waals surface area contributed by atoms with Crippen LogP contribution in [0.2, 0.25) is 0 Å². The van der Waals surface area contributed by atoms with Crippen LogP contribution in [0.1, 0.15) is 29.5 Å². The van der Waals surface area contributed by atoms with Gasteiger partial charge in [0.25, 0.3) is 0 Å². The molecule has 5 aromatic carbocycles. The van der Waals surface area contributed by atoms with E-state index in [1.165, 1.54) is 61.0 Å². The lowest BCUT2D eigenvalue weighted by molar-refractivity contribution is 0.650. The van der Waals surface area contributed by atoms with Crippen LogP contribution in [0.3, 0.4) is 0 Å². The zero-order chi connectivity index (χ0) is 29.0. The Bertz CT molecular complexity index is 2160. The van der Waals surface area contributed by atoms with Crippen molar-refractivity contribution < 1.29 is 0 Å². The van der Waals surface area contributed by atoms with Crippen molar-refractivity contribution in [2.75, 3.05) is 4.90 Å². The Morgan fingerprint density at radius 1 is 0.591 bits per heavy atom. The van der Waals surface area contributed by atoms with E-state index in [0.717, 1.165) is 6.42 Å². The molecule has 0 radical (unpaired) electrons. The van der Waals surface area contributed by atoms with E-state index in [2.05, 4.69) is 173 Å². The second-order valence-electron chi connectivity index (χ2n) is 12.1. The van der Waals surface area contributed by atoms with Crippen molar-refractivity contribution in [1.82, 2.24) is 4.57 Å². The average molecular weight is 565 g/mol. The summed E-state index contributed by atoms with van der Waals surface area (Å²) in [6.07, 6.45) is 17.2. The molecule has 210 valence electrons. The van der Waals surface area contributed by atoms with Crippen LogP contribution < -0.4 is 4.90 Å². The zero-order valence-corrected chi connectivity index (χ0v) is 24.4. The highest BCUT2D eigenvalue weighted by molar-refractivity contribution is 6.10. The fourth-order valence-corrected chi connectivity index (χ4v) is 7.62. The van der Waals surface area contributed by atoms with E-state index >= 15 is 0 Å². The van der Waals surface area contributed by atoms with E-state index in [9.17, 15) is 0 Å². The van der Waals surface area contributed by atoms with Crippen molar-refractivity contribution in [2.45, 2.75) is 24.4 Å². The Labute approximate surface area is 258 Å².